The average Bonchev–Trinajstić information content (AvgIpc) is 2.21. The van der Waals surface area contributed by atoms with Crippen molar-refractivity contribution in [3.8, 4) is 0 Å². The van der Waals surface area contributed by atoms with Crippen molar-refractivity contribution >= 4 is 11.9 Å². The first kappa shape index (κ1) is 14.5. The Morgan fingerprint density at radius 2 is 1.56 bits per heavy atom. The van der Waals surface area contributed by atoms with Crippen molar-refractivity contribution in [2.45, 2.75) is 19.0 Å². The molecule has 0 fully saturated rings. The topological polar surface area (TPSA) is 52.6 Å². The molecule has 0 N–H and O–H groups in total. The summed E-state index contributed by atoms with van der Waals surface area (Å²) in [5.74, 6) is -2.04. The summed E-state index contributed by atoms with van der Waals surface area (Å²) in [5.41, 5.74) is -0.533. The van der Waals surface area contributed by atoms with Crippen molar-refractivity contribution in [2.24, 2.45) is 0 Å². The maximum Gasteiger partial charge on any atom is 0.389 e. The number of esters is 2. The van der Waals surface area contributed by atoms with Crippen LogP contribution in [-0.4, -0.2) is 32.3 Å². The highest BCUT2D eigenvalue weighted by Gasteiger charge is 2.27. The van der Waals surface area contributed by atoms with E-state index in [1.165, 1.54) is 0 Å². The molecule has 0 saturated heterocycles. The molecule has 0 atom stereocenters. The highest BCUT2D eigenvalue weighted by molar-refractivity contribution is 6.13. The van der Waals surface area contributed by atoms with Gasteiger partial charge in [-0.1, -0.05) is 6.08 Å². The largest absolute Gasteiger partial charge is 0.465 e. The van der Waals surface area contributed by atoms with E-state index in [9.17, 15) is 22.8 Å². The number of carbonyl (C=O) groups excluding carboxylic acids is 2. The first-order valence-electron chi connectivity index (χ1n) is 4.25. The molecule has 0 aliphatic heterocycles. The van der Waals surface area contributed by atoms with Gasteiger partial charge in [-0.3, -0.25) is 0 Å². The van der Waals surface area contributed by atoms with E-state index in [1.54, 1.807) is 0 Å². The minimum absolute atomic E-state index is 0.483. The van der Waals surface area contributed by atoms with Crippen molar-refractivity contribution in [1.29, 1.82) is 0 Å². The molecular weight excluding hydrogens is 229 g/mol. The Bertz CT molecular complexity index is 276. The smallest absolute Gasteiger partial charge is 0.389 e. The second kappa shape index (κ2) is 6.14. The number of ether oxygens (including phenoxy) is 2. The molecule has 4 nitrogen and oxygen atoms in total. The van der Waals surface area contributed by atoms with Crippen LogP contribution in [0.5, 0.6) is 0 Å². The van der Waals surface area contributed by atoms with Crippen LogP contribution in [-0.2, 0) is 19.1 Å². The number of halogens is 3. The summed E-state index contributed by atoms with van der Waals surface area (Å²) in [6.07, 6.45) is -5.09. The normalized spacial score (nSPS) is 10.6. The van der Waals surface area contributed by atoms with Gasteiger partial charge in [-0.05, 0) is 6.42 Å². The van der Waals surface area contributed by atoms with Crippen LogP contribution >= 0.6 is 0 Å². The molecule has 0 aromatic carbocycles. The number of hydrogen-bond donors (Lipinski definition) is 0. The average molecular weight is 240 g/mol. The third-order valence-electron chi connectivity index (χ3n) is 1.59. The quantitative estimate of drug-likeness (QED) is 0.324. The van der Waals surface area contributed by atoms with Crippen LogP contribution in [0.15, 0.2) is 11.6 Å². The van der Waals surface area contributed by atoms with Gasteiger partial charge in [0.05, 0.1) is 14.2 Å². The lowest BCUT2D eigenvalue weighted by atomic mass is 10.2. The van der Waals surface area contributed by atoms with Gasteiger partial charge in [-0.25, -0.2) is 9.59 Å². The number of allylic oxidation sites excluding steroid dienone is 1. The highest BCUT2D eigenvalue weighted by Crippen LogP contribution is 2.22. The van der Waals surface area contributed by atoms with E-state index in [4.69, 9.17) is 0 Å². The van der Waals surface area contributed by atoms with Gasteiger partial charge in [0.25, 0.3) is 0 Å². The Morgan fingerprint density at radius 3 is 1.88 bits per heavy atom. The summed E-state index contributed by atoms with van der Waals surface area (Å²) in [6, 6.07) is 0. The minimum atomic E-state index is -4.34. The zero-order chi connectivity index (χ0) is 12.8. The lowest BCUT2D eigenvalue weighted by Crippen LogP contribution is -2.16. The Balaban J connectivity index is 4.58. The van der Waals surface area contributed by atoms with E-state index in [2.05, 4.69) is 9.47 Å². The predicted molar refractivity (Wildman–Crippen MR) is 47.4 cm³/mol. The van der Waals surface area contributed by atoms with Gasteiger partial charge in [-0.2, -0.15) is 13.2 Å². The molecule has 0 rings (SSSR count). The molecule has 7 heteroatoms. The van der Waals surface area contributed by atoms with Crippen LogP contribution in [0.2, 0.25) is 0 Å². The number of methoxy groups -OCH3 is 2. The van der Waals surface area contributed by atoms with Crippen LogP contribution < -0.4 is 0 Å². The van der Waals surface area contributed by atoms with E-state index < -0.39 is 36.5 Å². The molecule has 0 unspecified atom stereocenters. The van der Waals surface area contributed by atoms with Crippen LogP contribution in [0.3, 0.4) is 0 Å². The molecule has 0 saturated carbocycles. The van der Waals surface area contributed by atoms with Gasteiger partial charge in [-0.15, -0.1) is 0 Å². The lowest BCUT2D eigenvalue weighted by molar-refractivity contribution is -0.144. The Morgan fingerprint density at radius 1 is 1.12 bits per heavy atom. The third-order valence-corrected chi connectivity index (χ3v) is 1.59. The number of alkyl halides is 3. The van der Waals surface area contributed by atoms with Crippen LogP contribution in [0.25, 0.3) is 0 Å². The molecule has 0 heterocycles. The van der Waals surface area contributed by atoms with Gasteiger partial charge in [0, 0.05) is 6.42 Å². The predicted octanol–water partition coefficient (Wildman–Crippen LogP) is 1.60. The molecule has 0 bridgehead atoms. The first-order valence-corrected chi connectivity index (χ1v) is 4.25. The zero-order valence-electron chi connectivity index (χ0n) is 8.76. The Kier molecular flexibility index (Phi) is 5.55. The number of hydrogen-bond acceptors (Lipinski definition) is 4. The minimum Gasteiger partial charge on any atom is -0.465 e. The van der Waals surface area contributed by atoms with Crippen molar-refractivity contribution in [3.63, 3.8) is 0 Å². The molecule has 0 aliphatic rings. The Labute approximate surface area is 90.0 Å². The van der Waals surface area contributed by atoms with Gasteiger partial charge in [0.15, 0.2) is 0 Å². The Hall–Kier alpha value is -1.53. The zero-order valence-corrected chi connectivity index (χ0v) is 8.76. The molecule has 0 aromatic rings. The molecule has 0 spiro atoms. The molecule has 0 aliphatic carbocycles. The van der Waals surface area contributed by atoms with E-state index in [1.807, 2.05) is 0 Å². The molecule has 0 radical (unpaired) electrons. The van der Waals surface area contributed by atoms with Gasteiger partial charge >= 0.3 is 18.1 Å². The number of carbonyl (C=O) groups is 2. The number of rotatable bonds is 4. The van der Waals surface area contributed by atoms with Crippen molar-refractivity contribution < 1.29 is 32.2 Å². The maximum atomic E-state index is 11.8. The monoisotopic (exact) mass is 240 g/mol. The highest BCUT2D eigenvalue weighted by atomic mass is 19.4. The molecule has 16 heavy (non-hydrogen) atoms. The second-order valence-electron chi connectivity index (χ2n) is 2.75. The SMILES string of the molecule is COC(=O)C(=CCCC(F)(F)F)C(=O)OC. The second-order valence-corrected chi connectivity index (χ2v) is 2.75. The fraction of sp³-hybridized carbons (Fsp3) is 0.556. The molecular formula is C9H11F3O4. The van der Waals surface area contributed by atoms with E-state index in [0.29, 0.717) is 0 Å². The summed E-state index contributed by atoms with van der Waals surface area (Å²) in [7, 11) is 2.03. The van der Waals surface area contributed by atoms with Gasteiger partial charge in [0.2, 0.25) is 0 Å². The van der Waals surface area contributed by atoms with Gasteiger partial charge < -0.3 is 9.47 Å². The third kappa shape index (κ3) is 5.38. The molecule has 0 aromatic heterocycles. The van der Waals surface area contributed by atoms with Gasteiger partial charge in [0.1, 0.15) is 5.57 Å². The van der Waals surface area contributed by atoms with Crippen molar-refractivity contribution in [2.75, 3.05) is 14.2 Å². The van der Waals surface area contributed by atoms with E-state index in [-0.39, 0.29) is 0 Å². The fourth-order valence-corrected chi connectivity index (χ4v) is 0.850. The maximum absolute atomic E-state index is 11.8. The first-order chi connectivity index (χ1) is 7.31. The summed E-state index contributed by atoms with van der Waals surface area (Å²) < 4.78 is 43.9. The van der Waals surface area contributed by atoms with Crippen molar-refractivity contribution in [3.05, 3.63) is 11.6 Å². The van der Waals surface area contributed by atoms with E-state index in [0.717, 1.165) is 20.3 Å². The van der Waals surface area contributed by atoms with Crippen LogP contribution in [0.4, 0.5) is 13.2 Å². The summed E-state index contributed by atoms with van der Waals surface area (Å²) >= 11 is 0. The van der Waals surface area contributed by atoms with Crippen LogP contribution in [0, 0.1) is 0 Å². The summed E-state index contributed by atoms with van der Waals surface area (Å²) in [6.45, 7) is 0. The molecule has 0 amide bonds. The lowest BCUT2D eigenvalue weighted by Gasteiger charge is -2.05. The van der Waals surface area contributed by atoms with Crippen LogP contribution in [0.1, 0.15) is 12.8 Å². The van der Waals surface area contributed by atoms with E-state index >= 15 is 0 Å². The fourth-order valence-electron chi connectivity index (χ4n) is 0.850. The standard InChI is InChI=1S/C9H11F3O4/c1-15-7(13)6(8(14)16-2)4-3-5-9(10,11)12/h4H,3,5H2,1-2H3. The van der Waals surface area contributed by atoms with Crippen molar-refractivity contribution in [1.82, 2.24) is 0 Å². The summed E-state index contributed by atoms with van der Waals surface area (Å²) in [5, 5.41) is 0. The molecule has 92 valence electrons. The summed E-state index contributed by atoms with van der Waals surface area (Å²) in [4.78, 5) is 22.0.